The van der Waals surface area contributed by atoms with E-state index in [-0.39, 0.29) is 11.6 Å². The van der Waals surface area contributed by atoms with Crippen molar-refractivity contribution >= 4 is 17.5 Å². The van der Waals surface area contributed by atoms with Crippen molar-refractivity contribution in [2.45, 2.75) is 6.54 Å². The molecule has 1 aliphatic heterocycles. The summed E-state index contributed by atoms with van der Waals surface area (Å²) in [5, 5.41) is 4.11. The maximum Gasteiger partial charge on any atom is 0.254 e. The second-order valence-corrected chi connectivity index (χ2v) is 5.21. The molecule has 24 heavy (non-hydrogen) atoms. The number of nitrogens with zero attached hydrogens (tertiary/aromatic N) is 5. The van der Waals surface area contributed by atoms with Crippen LogP contribution < -0.4 is 0 Å². The van der Waals surface area contributed by atoms with E-state index in [1.807, 2.05) is 0 Å². The Balaban J connectivity index is 1.72. The molecule has 7 heteroatoms. The average molecular weight is 323 g/mol. The maximum absolute atomic E-state index is 13.5. The van der Waals surface area contributed by atoms with Gasteiger partial charge < -0.3 is 0 Å². The summed E-state index contributed by atoms with van der Waals surface area (Å²) >= 11 is 0. The molecule has 0 atom stereocenters. The van der Waals surface area contributed by atoms with Crippen LogP contribution in [0.15, 0.2) is 64.8 Å². The molecule has 0 radical (unpaired) electrons. The predicted octanol–water partition coefficient (Wildman–Crippen LogP) is 3.14. The minimum absolute atomic E-state index is 0.298. The second-order valence-electron chi connectivity index (χ2n) is 5.21. The second kappa shape index (κ2) is 5.77. The standard InChI is InChI=1S/C17H11F2N5/c18-13-6-4-11(5-7-13)9-20-16-15(12-2-1-3-14(19)8-12)23-17-21-10-22-24(16)17/h1-8,10H,9H2. The minimum atomic E-state index is -0.356. The molecule has 0 saturated carbocycles. The van der Waals surface area contributed by atoms with E-state index in [0.717, 1.165) is 5.56 Å². The zero-order valence-corrected chi connectivity index (χ0v) is 12.4. The Morgan fingerprint density at radius 1 is 1.00 bits per heavy atom. The van der Waals surface area contributed by atoms with Gasteiger partial charge >= 0.3 is 0 Å². The van der Waals surface area contributed by atoms with Crippen molar-refractivity contribution < 1.29 is 8.78 Å². The van der Waals surface area contributed by atoms with Gasteiger partial charge in [0, 0.05) is 5.56 Å². The fourth-order valence-electron chi connectivity index (χ4n) is 2.44. The molecule has 2 heterocycles. The Labute approximate surface area is 136 Å². The zero-order valence-electron chi connectivity index (χ0n) is 12.4. The molecule has 0 N–H and O–H groups in total. The smallest absolute Gasteiger partial charge is 0.254 e. The van der Waals surface area contributed by atoms with Crippen LogP contribution in [0.3, 0.4) is 0 Å². The first kappa shape index (κ1) is 14.4. The van der Waals surface area contributed by atoms with Gasteiger partial charge in [0.05, 0.1) is 6.54 Å². The molecule has 0 fully saturated rings. The summed E-state index contributed by atoms with van der Waals surface area (Å²) in [7, 11) is 0. The van der Waals surface area contributed by atoms with Crippen LogP contribution in [0, 0.1) is 11.6 Å². The number of hydrogen-bond acceptors (Lipinski definition) is 4. The highest BCUT2D eigenvalue weighted by molar-refractivity contribution is 6.50. The first-order valence-corrected chi connectivity index (χ1v) is 7.25. The highest BCUT2D eigenvalue weighted by atomic mass is 19.1. The zero-order chi connectivity index (χ0) is 16.5. The van der Waals surface area contributed by atoms with Gasteiger partial charge in [0.25, 0.3) is 5.95 Å². The van der Waals surface area contributed by atoms with E-state index in [4.69, 9.17) is 0 Å². The predicted molar refractivity (Wildman–Crippen MR) is 85.6 cm³/mol. The molecule has 0 bridgehead atoms. The molecule has 0 amide bonds. The van der Waals surface area contributed by atoms with Gasteiger partial charge in [0.2, 0.25) is 0 Å². The van der Waals surface area contributed by atoms with Gasteiger partial charge in [-0.2, -0.15) is 14.8 Å². The van der Waals surface area contributed by atoms with Crippen molar-refractivity contribution in [2.24, 2.45) is 9.98 Å². The maximum atomic E-state index is 13.5. The average Bonchev–Trinajstić information content (AvgIpc) is 3.16. The van der Waals surface area contributed by atoms with Gasteiger partial charge in [-0.15, -0.1) is 0 Å². The molecule has 118 valence electrons. The number of fused-ring (bicyclic) bond motifs is 1. The monoisotopic (exact) mass is 323 g/mol. The quantitative estimate of drug-likeness (QED) is 0.743. The van der Waals surface area contributed by atoms with Crippen LogP contribution in [-0.4, -0.2) is 26.3 Å². The van der Waals surface area contributed by atoms with Gasteiger partial charge in [-0.25, -0.2) is 13.8 Å². The van der Waals surface area contributed by atoms with Crippen molar-refractivity contribution in [3.8, 4) is 0 Å². The van der Waals surface area contributed by atoms with Gasteiger partial charge in [-0.1, -0.05) is 24.3 Å². The fourth-order valence-corrected chi connectivity index (χ4v) is 2.44. The lowest BCUT2D eigenvalue weighted by Crippen LogP contribution is -2.20. The molecule has 1 aromatic heterocycles. The number of aromatic nitrogens is 3. The highest BCUT2D eigenvalue weighted by Gasteiger charge is 2.25. The first-order chi connectivity index (χ1) is 11.7. The van der Waals surface area contributed by atoms with Gasteiger partial charge in [0.15, 0.2) is 5.84 Å². The molecule has 3 aromatic rings. The highest BCUT2D eigenvalue weighted by Crippen LogP contribution is 2.20. The Morgan fingerprint density at radius 2 is 1.83 bits per heavy atom. The van der Waals surface area contributed by atoms with E-state index in [1.165, 1.54) is 35.3 Å². The van der Waals surface area contributed by atoms with Crippen LogP contribution in [0.5, 0.6) is 0 Å². The number of benzene rings is 2. The minimum Gasteiger partial charge on any atom is -0.260 e. The van der Waals surface area contributed by atoms with Gasteiger partial charge in [-0.05, 0) is 29.8 Å². The summed E-state index contributed by atoms with van der Waals surface area (Å²) in [5.74, 6) is 0.225. The van der Waals surface area contributed by atoms with Crippen LogP contribution in [0.25, 0.3) is 0 Å². The van der Waals surface area contributed by atoms with Crippen LogP contribution >= 0.6 is 0 Å². The van der Waals surface area contributed by atoms with Crippen LogP contribution in [0.2, 0.25) is 0 Å². The van der Waals surface area contributed by atoms with Crippen molar-refractivity contribution in [3.05, 3.63) is 77.6 Å². The number of halogens is 2. The van der Waals surface area contributed by atoms with Crippen molar-refractivity contribution in [2.75, 3.05) is 0 Å². The Bertz CT molecular complexity index is 957. The van der Waals surface area contributed by atoms with Crippen molar-refractivity contribution in [1.82, 2.24) is 14.8 Å². The van der Waals surface area contributed by atoms with Gasteiger partial charge in [-0.3, -0.25) is 4.99 Å². The third-order valence-corrected chi connectivity index (χ3v) is 3.58. The lowest BCUT2D eigenvalue weighted by molar-refractivity contribution is 0.627. The molecular formula is C17H11F2N5. The SMILES string of the molecule is Fc1ccc(CN=C2C(c3cccc(F)c3)=Nc3ncnn32)cc1. The lowest BCUT2D eigenvalue weighted by atomic mass is 10.1. The lowest BCUT2D eigenvalue weighted by Gasteiger charge is -2.05. The number of rotatable bonds is 3. The number of aliphatic imine (C=N–C) groups is 2. The van der Waals surface area contributed by atoms with Crippen molar-refractivity contribution in [1.29, 1.82) is 0 Å². The Morgan fingerprint density at radius 3 is 2.62 bits per heavy atom. The molecule has 4 rings (SSSR count). The van der Waals surface area contributed by atoms with E-state index in [1.54, 1.807) is 24.3 Å². The molecule has 0 aliphatic carbocycles. The molecule has 0 spiro atoms. The van der Waals surface area contributed by atoms with Crippen LogP contribution in [-0.2, 0) is 6.54 Å². The van der Waals surface area contributed by atoms with Gasteiger partial charge in [0.1, 0.15) is 23.7 Å². The summed E-state index contributed by atoms with van der Waals surface area (Å²) in [4.78, 5) is 13.0. The van der Waals surface area contributed by atoms with E-state index >= 15 is 0 Å². The summed E-state index contributed by atoms with van der Waals surface area (Å²) in [5.41, 5.74) is 1.95. The largest absolute Gasteiger partial charge is 0.260 e. The first-order valence-electron chi connectivity index (χ1n) is 7.25. The third-order valence-electron chi connectivity index (χ3n) is 3.58. The molecule has 1 aliphatic rings. The fraction of sp³-hybridized carbons (Fsp3) is 0.0588. The summed E-state index contributed by atoms with van der Waals surface area (Å²) in [6.07, 6.45) is 1.38. The van der Waals surface area contributed by atoms with E-state index in [0.29, 0.717) is 29.6 Å². The number of hydrogen-bond donors (Lipinski definition) is 0. The normalized spacial score (nSPS) is 14.8. The molecule has 0 unspecified atom stereocenters. The Hall–Kier alpha value is -3.22. The Kier molecular flexibility index (Phi) is 3.45. The summed E-state index contributed by atoms with van der Waals surface area (Å²) in [6.45, 7) is 0.323. The van der Waals surface area contributed by atoms with E-state index in [2.05, 4.69) is 20.1 Å². The summed E-state index contributed by atoms with van der Waals surface area (Å²) < 4.78 is 28.0. The molecule has 2 aromatic carbocycles. The van der Waals surface area contributed by atoms with Crippen LogP contribution in [0.4, 0.5) is 14.7 Å². The molecule has 0 saturated heterocycles. The summed E-state index contributed by atoms with van der Waals surface area (Å²) in [6, 6.07) is 12.2. The van der Waals surface area contributed by atoms with Crippen LogP contribution in [0.1, 0.15) is 11.1 Å². The van der Waals surface area contributed by atoms with Crippen molar-refractivity contribution in [3.63, 3.8) is 0 Å². The molecule has 5 nitrogen and oxygen atoms in total. The third kappa shape index (κ3) is 2.60. The topological polar surface area (TPSA) is 55.4 Å². The van der Waals surface area contributed by atoms with E-state index < -0.39 is 0 Å². The molecular weight excluding hydrogens is 312 g/mol. The van der Waals surface area contributed by atoms with E-state index in [9.17, 15) is 8.78 Å².